The topological polar surface area (TPSA) is 72.5 Å². The fourth-order valence-electron chi connectivity index (χ4n) is 2.01. The molecule has 100 valence electrons. The predicted octanol–water partition coefficient (Wildman–Crippen LogP) is 2.81. The minimum absolute atomic E-state index is 0.0545. The molecule has 0 saturated carbocycles. The summed E-state index contributed by atoms with van der Waals surface area (Å²) in [5.74, 6) is -0.980. The number of carboxylic acids is 1. The van der Waals surface area contributed by atoms with Gasteiger partial charge in [0.25, 0.3) is 0 Å². The van der Waals surface area contributed by atoms with E-state index in [4.69, 9.17) is 10.5 Å². The Morgan fingerprint density at radius 1 is 1.44 bits per heavy atom. The summed E-state index contributed by atoms with van der Waals surface area (Å²) in [6, 6.07) is 4.82. The van der Waals surface area contributed by atoms with E-state index in [0.29, 0.717) is 11.3 Å². The van der Waals surface area contributed by atoms with Crippen LogP contribution in [0.2, 0.25) is 0 Å². The fraction of sp³-hybridized carbons (Fsp3) is 0.462. The lowest BCUT2D eigenvalue weighted by atomic mass is 9.85. The van der Waals surface area contributed by atoms with Crippen molar-refractivity contribution >= 4 is 21.9 Å². The highest BCUT2D eigenvalue weighted by Gasteiger charge is 2.31. The summed E-state index contributed by atoms with van der Waals surface area (Å²) < 4.78 is 6.09. The number of carbonyl (C=O) groups is 1. The maximum Gasteiger partial charge on any atom is 0.308 e. The summed E-state index contributed by atoms with van der Waals surface area (Å²) in [6.07, 6.45) is 0. The molecule has 2 unspecified atom stereocenters. The minimum atomic E-state index is -0.889. The third-order valence-corrected chi connectivity index (χ3v) is 3.43. The predicted molar refractivity (Wildman–Crippen MR) is 73.6 cm³/mol. The molecule has 18 heavy (non-hydrogen) atoms. The standard InChI is InChI=1S/C13H18BrNO3/c1-7(2)11(13(16)17)12(15)9-6-8(14)4-5-10(9)18-3/h4-7,11-12H,15H2,1-3H3,(H,16,17). The van der Waals surface area contributed by atoms with Crippen LogP contribution in [0.1, 0.15) is 25.5 Å². The summed E-state index contributed by atoms with van der Waals surface area (Å²) in [5.41, 5.74) is 6.81. The van der Waals surface area contributed by atoms with E-state index in [9.17, 15) is 9.90 Å². The van der Waals surface area contributed by atoms with Crippen molar-refractivity contribution in [1.82, 2.24) is 0 Å². The molecular formula is C13H18BrNO3. The fourth-order valence-corrected chi connectivity index (χ4v) is 2.39. The molecule has 0 spiro atoms. The Hall–Kier alpha value is -1.07. The van der Waals surface area contributed by atoms with Gasteiger partial charge in [0.05, 0.1) is 13.0 Å². The van der Waals surface area contributed by atoms with Crippen molar-refractivity contribution in [3.05, 3.63) is 28.2 Å². The van der Waals surface area contributed by atoms with E-state index in [2.05, 4.69) is 15.9 Å². The van der Waals surface area contributed by atoms with Gasteiger partial charge in [0.15, 0.2) is 0 Å². The van der Waals surface area contributed by atoms with Crippen molar-refractivity contribution in [2.45, 2.75) is 19.9 Å². The zero-order valence-electron chi connectivity index (χ0n) is 10.7. The van der Waals surface area contributed by atoms with Crippen LogP contribution >= 0.6 is 15.9 Å². The SMILES string of the molecule is COc1ccc(Br)cc1C(N)C(C(=O)O)C(C)C. The monoisotopic (exact) mass is 315 g/mol. The Morgan fingerprint density at radius 3 is 2.50 bits per heavy atom. The van der Waals surface area contributed by atoms with Gasteiger partial charge in [0, 0.05) is 16.1 Å². The summed E-state index contributed by atoms with van der Waals surface area (Å²) in [5, 5.41) is 9.28. The maximum absolute atomic E-state index is 11.3. The number of rotatable bonds is 5. The van der Waals surface area contributed by atoms with Crippen LogP contribution in [0.15, 0.2) is 22.7 Å². The van der Waals surface area contributed by atoms with Crippen LogP contribution in [0.3, 0.4) is 0 Å². The van der Waals surface area contributed by atoms with E-state index in [1.807, 2.05) is 26.0 Å². The normalized spacial score (nSPS) is 14.3. The molecule has 1 rings (SSSR count). The minimum Gasteiger partial charge on any atom is -0.496 e. The number of aliphatic carboxylic acids is 1. The molecule has 0 aliphatic carbocycles. The van der Waals surface area contributed by atoms with Gasteiger partial charge in [-0.1, -0.05) is 29.8 Å². The van der Waals surface area contributed by atoms with Crippen molar-refractivity contribution in [3.63, 3.8) is 0 Å². The molecule has 3 N–H and O–H groups in total. The molecular weight excluding hydrogens is 298 g/mol. The van der Waals surface area contributed by atoms with Crippen LogP contribution in [0, 0.1) is 11.8 Å². The van der Waals surface area contributed by atoms with Crippen molar-refractivity contribution in [2.75, 3.05) is 7.11 Å². The van der Waals surface area contributed by atoms with Crippen molar-refractivity contribution in [1.29, 1.82) is 0 Å². The Balaban J connectivity index is 3.19. The second-order valence-electron chi connectivity index (χ2n) is 4.52. The van der Waals surface area contributed by atoms with Crippen LogP contribution in [-0.4, -0.2) is 18.2 Å². The zero-order valence-corrected chi connectivity index (χ0v) is 12.3. The number of ether oxygens (including phenoxy) is 1. The van der Waals surface area contributed by atoms with E-state index in [0.717, 1.165) is 4.47 Å². The van der Waals surface area contributed by atoms with Crippen LogP contribution in [0.25, 0.3) is 0 Å². The van der Waals surface area contributed by atoms with Crippen LogP contribution in [0.5, 0.6) is 5.75 Å². The first-order valence-electron chi connectivity index (χ1n) is 5.70. The highest BCUT2D eigenvalue weighted by atomic mass is 79.9. The molecule has 1 aromatic rings. The first-order chi connectivity index (χ1) is 8.38. The van der Waals surface area contributed by atoms with E-state index < -0.39 is 17.9 Å². The van der Waals surface area contributed by atoms with Gasteiger partial charge >= 0.3 is 5.97 Å². The van der Waals surface area contributed by atoms with Crippen LogP contribution < -0.4 is 10.5 Å². The van der Waals surface area contributed by atoms with E-state index in [-0.39, 0.29) is 5.92 Å². The van der Waals surface area contributed by atoms with E-state index in [1.54, 1.807) is 13.2 Å². The lowest BCUT2D eigenvalue weighted by Gasteiger charge is -2.25. The Kier molecular flexibility index (Phi) is 5.16. The summed E-state index contributed by atoms with van der Waals surface area (Å²) in [6.45, 7) is 3.70. The van der Waals surface area contributed by atoms with Crippen molar-refractivity contribution in [3.8, 4) is 5.75 Å². The number of benzene rings is 1. The van der Waals surface area contributed by atoms with Crippen molar-refractivity contribution in [2.24, 2.45) is 17.6 Å². The summed E-state index contributed by atoms with van der Waals surface area (Å²) in [4.78, 5) is 11.3. The van der Waals surface area contributed by atoms with E-state index >= 15 is 0 Å². The second kappa shape index (κ2) is 6.20. The molecule has 4 nitrogen and oxygen atoms in total. The molecule has 5 heteroatoms. The lowest BCUT2D eigenvalue weighted by Crippen LogP contribution is -2.32. The van der Waals surface area contributed by atoms with Gasteiger partial charge in [-0.15, -0.1) is 0 Å². The number of hydrogen-bond donors (Lipinski definition) is 2. The molecule has 0 aliphatic rings. The highest BCUT2D eigenvalue weighted by Crippen LogP contribution is 2.34. The summed E-state index contributed by atoms with van der Waals surface area (Å²) in [7, 11) is 1.55. The number of hydrogen-bond acceptors (Lipinski definition) is 3. The summed E-state index contributed by atoms with van der Waals surface area (Å²) >= 11 is 3.36. The second-order valence-corrected chi connectivity index (χ2v) is 5.44. The zero-order chi connectivity index (χ0) is 13.9. The average Bonchev–Trinajstić information content (AvgIpc) is 2.27. The van der Waals surface area contributed by atoms with Gasteiger partial charge in [-0.3, -0.25) is 4.79 Å². The molecule has 0 amide bonds. The largest absolute Gasteiger partial charge is 0.496 e. The number of carboxylic acid groups (broad SMARTS) is 1. The van der Waals surface area contributed by atoms with Gasteiger partial charge < -0.3 is 15.6 Å². The van der Waals surface area contributed by atoms with Crippen LogP contribution in [-0.2, 0) is 4.79 Å². The number of halogens is 1. The van der Waals surface area contributed by atoms with Gasteiger partial charge in [0.2, 0.25) is 0 Å². The first-order valence-corrected chi connectivity index (χ1v) is 6.49. The molecule has 0 heterocycles. The van der Waals surface area contributed by atoms with Gasteiger partial charge in [-0.05, 0) is 24.1 Å². The molecule has 0 aromatic heterocycles. The number of nitrogens with two attached hydrogens (primary N) is 1. The Morgan fingerprint density at radius 2 is 2.06 bits per heavy atom. The maximum atomic E-state index is 11.3. The smallest absolute Gasteiger partial charge is 0.308 e. The Labute approximate surface area is 115 Å². The lowest BCUT2D eigenvalue weighted by molar-refractivity contribution is -0.144. The number of methoxy groups -OCH3 is 1. The van der Waals surface area contributed by atoms with Gasteiger partial charge in [-0.25, -0.2) is 0 Å². The molecule has 0 saturated heterocycles. The molecule has 0 aliphatic heterocycles. The first kappa shape index (κ1) is 15.0. The van der Waals surface area contributed by atoms with Crippen molar-refractivity contribution < 1.29 is 14.6 Å². The molecule has 0 radical (unpaired) electrons. The van der Waals surface area contributed by atoms with E-state index in [1.165, 1.54) is 0 Å². The molecule has 1 aromatic carbocycles. The molecule has 2 atom stereocenters. The Bertz CT molecular complexity index is 434. The highest BCUT2D eigenvalue weighted by molar-refractivity contribution is 9.10. The van der Waals surface area contributed by atoms with Crippen LogP contribution in [0.4, 0.5) is 0 Å². The molecule has 0 fully saturated rings. The van der Waals surface area contributed by atoms with Gasteiger partial charge in [0.1, 0.15) is 5.75 Å². The molecule has 0 bridgehead atoms. The third kappa shape index (κ3) is 3.23. The third-order valence-electron chi connectivity index (χ3n) is 2.94. The quantitative estimate of drug-likeness (QED) is 0.876. The van der Waals surface area contributed by atoms with Gasteiger partial charge in [-0.2, -0.15) is 0 Å². The average molecular weight is 316 g/mol.